The molecule has 0 radical (unpaired) electrons. The minimum Gasteiger partial charge on any atom is -0.353 e. The molecular weight excluding hydrogens is 410 g/mol. The molecule has 1 N–H and O–H groups in total. The lowest BCUT2D eigenvalue weighted by atomic mass is 10.1. The van der Waals surface area contributed by atoms with Gasteiger partial charge in [-0.15, -0.1) is 11.3 Å². The topological polar surface area (TPSA) is 67.8 Å². The summed E-state index contributed by atoms with van der Waals surface area (Å²) in [5.41, 5.74) is 1.00. The van der Waals surface area contributed by atoms with Gasteiger partial charge in [0.1, 0.15) is 17.0 Å². The Balaban J connectivity index is 1.35. The molecule has 2 aliphatic rings. The van der Waals surface area contributed by atoms with Crippen LogP contribution in [-0.2, 0) is 0 Å². The van der Waals surface area contributed by atoms with Crippen molar-refractivity contribution < 1.29 is 4.79 Å². The fourth-order valence-corrected chi connectivity index (χ4v) is 5.50. The predicted octanol–water partition coefficient (Wildman–Crippen LogP) is 1.51. The summed E-state index contributed by atoms with van der Waals surface area (Å²) in [6.07, 6.45) is 2.61. The van der Waals surface area contributed by atoms with Crippen molar-refractivity contribution in [2.45, 2.75) is 20.3 Å². The molecule has 0 aliphatic carbocycles. The Morgan fingerprint density at radius 1 is 1.06 bits per heavy atom. The van der Waals surface area contributed by atoms with Crippen molar-refractivity contribution in [1.29, 1.82) is 0 Å². The summed E-state index contributed by atoms with van der Waals surface area (Å²) >= 11 is 1.48. The van der Waals surface area contributed by atoms with Gasteiger partial charge in [-0.05, 0) is 39.0 Å². The average molecular weight is 446 g/mol. The van der Waals surface area contributed by atoms with Crippen LogP contribution in [0, 0.1) is 6.92 Å². The van der Waals surface area contributed by atoms with Gasteiger partial charge >= 0.3 is 0 Å². The molecule has 0 saturated carbocycles. The zero-order chi connectivity index (χ0) is 21.8. The van der Waals surface area contributed by atoms with Gasteiger partial charge in [-0.3, -0.25) is 4.79 Å². The maximum absolute atomic E-state index is 12.9. The summed E-state index contributed by atoms with van der Waals surface area (Å²) in [7, 11) is 2.15. The molecule has 4 heterocycles. The first-order valence-corrected chi connectivity index (χ1v) is 12.3. The van der Waals surface area contributed by atoms with Crippen molar-refractivity contribution in [3.05, 3.63) is 16.8 Å². The molecule has 0 atom stereocenters. The highest BCUT2D eigenvalue weighted by Crippen LogP contribution is 2.35. The SMILES string of the molecule is CCN1CCN(CCCNC(=O)c2sc3ncnc(N4CCN(C)CC4)c3c2C)CC1. The van der Waals surface area contributed by atoms with Crippen molar-refractivity contribution >= 4 is 33.3 Å². The largest absolute Gasteiger partial charge is 0.353 e. The Morgan fingerprint density at radius 3 is 2.48 bits per heavy atom. The van der Waals surface area contributed by atoms with Crippen molar-refractivity contribution in [3.63, 3.8) is 0 Å². The molecule has 4 rings (SSSR count). The maximum Gasteiger partial charge on any atom is 0.261 e. The summed E-state index contributed by atoms with van der Waals surface area (Å²) < 4.78 is 0. The predicted molar refractivity (Wildman–Crippen MR) is 127 cm³/mol. The first-order valence-electron chi connectivity index (χ1n) is 11.5. The van der Waals surface area contributed by atoms with E-state index in [4.69, 9.17) is 0 Å². The number of hydrogen-bond acceptors (Lipinski definition) is 8. The highest BCUT2D eigenvalue weighted by atomic mass is 32.1. The molecule has 9 heteroatoms. The van der Waals surface area contributed by atoms with E-state index >= 15 is 0 Å². The number of fused-ring (bicyclic) bond motifs is 1. The lowest BCUT2D eigenvalue weighted by Crippen LogP contribution is -2.46. The summed E-state index contributed by atoms with van der Waals surface area (Å²) in [4.78, 5) is 33.3. The molecule has 2 aromatic heterocycles. The van der Waals surface area contributed by atoms with E-state index in [0.717, 1.165) is 98.3 Å². The van der Waals surface area contributed by atoms with Crippen LogP contribution in [-0.4, -0.2) is 110 Å². The quantitative estimate of drug-likeness (QED) is 0.648. The number of nitrogens with one attached hydrogen (secondary N) is 1. The molecule has 0 aromatic carbocycles. The van der Waals surface area contributed by atoms with Crippen LogP contribution in [0.15, 0.2) is 6.33 Å². The fraction of sp³-hybridized carbons (Fsp3) is 0.682. The Hall–Kier alpha value is -1.81. The number of likely N-dealkylation sites (N-methyl/N-ethyl adjacent to an activating group) is 2. The van der Waals surface area contributed by atoms with Crippen LogP contribution in [0.3, 0.4) is 0 Å². The molecule has 0 unspecified atom stereocenters. The van der Waals surface area contributed by atoms with Crippen LogP contribution in [0.4, 0.5) is 5.82 Å². The molecular formula is C22H35N7OS. The van der Waals surface area contributed by atoms with E-state index in [1.807, 2.05) is 6.92 Å². The third-order valence-corrected chi connectivity index (χ3v) is 7.76. The van der Waals surface area contributed by atoms with Gasteiger partial charge in [-0.1, -0.05) is 6.92 Å². The lowest BCUT2D eigenvalue weighted by Gasteiger charge is -2.33. The minimum absolute atomic E-state index is 0.0145. The van der Waals surface area contributed by atoms with Crippen LogP contribution in [0.5, 0.6) is 0 Å². The lowest BCUT2D eigenvalue weighted by molar-refractivity contribution is 0.0952. The number of aryl methyl sites for hydroxylation is 1. The second-order valence-corrected chi connectivity index (χ2v) is 9.61. The number of hydrogen-bond donors (Lipinski definition) is 1. The number of rotatable bonds is 7. The summed E-state index contributed by atoms with van der Waals surface area (Å²) in [5, 5.41) is 4.17. The van der Waals surface area contributed by atoms with E-state index in [1.54, 1.807) is 6.33 Å². The first-order chi connectivity index (χ1) is 15.1. The molecule has 2 saturated heterocycles. The Bertz CT molecular complexity index is 885. The van der Waals surface area contributed by atoms with E-state index in [-0.39, 0.29) is 5.91 Å². The number of carbonyl (C=O) groups excluding carboxylic acids is 1. The van der Waals surface area contributed by atoms with Gasteiger partial charge < -0.3 is 24.9 Å². The fourth-order valence-electron chi connectivity index (χ4n) is 4.44. The van der Waals surface area contributed by atoms with Gasteiger partial charge in [-0.2, -0.15) is 0 Å². The van der Waals surface area contributed by atoms with Gasteiger partial charge in [0.05, 0.1) is 10.3 Å². The number of anilines is 1. The van der Waals surface area contributed by atoms with Crippen molar-refractivity contribution in [2.75, 3.05) is 83.9 Å². The van der Waals surface area contributed by atoms with Gasteiger partial charge in [-0.25, -0.2) is 9.97 Å². The third-order valence-electron chi connectivity index (χ3n) is 6.56. The smallest absolute Gasteiger partial charge is 0.261 e. The Kier molecular flexibility index (Phi) is 7.37. The van der Waals surface area contributed by atoms with Gasteiger partial charge in [0.15, 0.2) is 0 Å². The highest BCUT2D eigenvalue weighted by molar-refractivity contribution is 7.20. The minimum atomic E-state index is 0.0145. The molecule has 170 valence electrons. The molecule has 31 heavy (non-hydrogen) atoms. The van der Waals surface area contributed by atoms with Crippen molar-refractivity contribution in [1.82, 2.24) is 30.0 Å². The zero-order valence-corrected chi connectivity index (χ0v) is 19.9. The van der Waals surface area contributed by atoms with Crippen LogP contribution in [0.2, 0.25) is 0 Å². The van der Waals surface area contributed by atoms with Crippen LogP contribution in [0.25, 0.3) is 10.2 Å². The van der Waals surface area contributed by atoms with Crippen LogP contribution < -0.4 is 10.2 Å². The van der Waals surface area contributed by atoms with Gasteiger partial charge in [0.2, 0.25) is 0 Å². The van der Waals surface area contributed by atoms with Gasteiger partial charge in [0.25, 0.3) is 5.91 Å². The summed E-state index contributed by atoms with van der Waals surface area (Å²) in [6.45, 7) is 15.7. The second-order valence-electron chi connectivity index (χ2n) is 8.61. The van der Waals surface area contributed by atoms with E-state index in [0.29, 0.717) is 6.54 Å². The number of aromatic nitrogens is 2. The van der Waals surface area contributed by atoms with Crippen LogP contribution >= 0.6 is 11.3 Å². The van der Waals surface area contributed by atoms with Crippen molar-refractivity contribution in [2.24, 2.45) is 0 Å². The summed E-state index contributed by atoms with van der Waals surface area (Å²) in [6, 6.07) is 0. The van der Waals surface area contributed by atoms with E-state index in [9.17, 15) is 4.79 Å². The number of nitrogens with zero attached hydrogens (tertiary/aromatic N) is 6. The maximum atomic E-state index is 12.9. The normalized spacial score (nSPS) is 19.3. The molecule has 0 spiro atoms. The molecule has 8 nitrogen and oxygen atoms in total. The Morgan fingerprint density at radius 2 is 1.77 bits per heavy atom. The zero-order valence-electron chi connectivity index (χ0n) is 19.1. The molecule has 2 fully saturated rings. The number of amides is 1. The molecule has 0 bridgehead atoms. The molecule has 2 aromatic rings. The third kappa shape index (κ3) is 5.16. The molecule has 2 aliphatic heterocycles. The first kappa shape index (κ1) is 22.4. The molecule has 1 amide bonds. The van der Waals surface area contributed by atoms with E-state index < -0.39 is 0 Å². The number of carbonyl (C=O) groups is 1. The van der Waals surface area contributed by atoms with E-state index in [1.165, 1.54) is 11.3 Å². The number of piperazine rings is 2. The summed E-state index contributed by atoms with van der Waals surface area (Å²) in [5.74, 6) is 0.984. The van der Waals surface area contributed by atoms with Crippen LogP contribution in [0.1, 0.15) is 28.6 Å². The highest BCUT2D eigenvalue weighted by Gasteiger charge is 2.23. The van der Waals surface area contributed by atoms with Gasteiger partial charge in [0, 0.05) is 58.9 Å². The van der Waals surface area contributed by atoms with E-state index in [2.05, 4.69) is 48.9 Å². The van der Waals surface area contributed by atoms with Crippen molar-refractivity contribution in [3.8, 4) is 0 Å². The number of thiophene rings is 1. The average Bonchev–Trinajstić information content (AvgIpc) is 3.14. The monoisotopic (exact) mass is 445 g/mol. The standard InChI is InChI=1S/C22H35N7OS/c1-4-27-10-12-28(13-11-27)7-5-6-23-21(30)19-17(2)18-20(24-16-25-22(18)31-19)29-14-8-26(3)9-15-29/h16H,4-15H2,1-3H3,(H,23,30). The second kappa shape index (κ2) is 10.2. The Labute approximate surface area is 189 Å².